The quantitative estimate of drug-likeness (QED) is 0.876. The molecule has 0 saturated heterocycles. The fourth-order valence-corrected chi connectivity index (χ4v) is 1.61. The second-order valence-electron chi connectivity index (χ2n) is 3.06. The van der Waals surface area contributed by atoms with Gasteiger partial charge in [0.25, 0.3) is 0 Å². The first-order valence-electron chi connectivity index (χ1n) is 4.08. The standard InChI is InChI=1S/C9H9BrF3NO/c10-7-2-5(8(14)4-15)1-6(3-7)9(11,12)13/h1-3,8,15H,4,14H2/t8-/m0/s1. The molecular weight excluding hydrogens is 275 g/mol. The summed E-state index contributed by atoms with van der Waals surface area (Å²) in [6, 6.07) is 2.55. The van der Waals surface area contributed by atoms with E-state index in [-0.39, 0.29) is 10.0 Å². The van der Waals surface area contributed by atoms with E-state index < -0.39 is 24.4 Å². The molecule has 1 rings (SSSR count). The molecule has 84 valence electrons. The van der Waals surface area contributed by atoms with Crippen LogP contribution in [0.1, 0.15) is 17.2 Å². The van der Waals surface area contributed by atoms with Crippen LogP contribution in [0, 0.1) is 0 Å². The lowest BCUT2D eigenvalue weighted by atomic mass is 10.1. The van der Waals surface area contributed by atoms with E-state index in [1.54, 1.807) is 0 Å². The van der Waals surface area contributed by atoms with Crippen molar-refractivity contribution in [2.75, 3.05) is 6.61 Å². The first-order valence-corrected chi connectivity index (χ1v) is 4.88. The molecule has 6 heteroatoms. The number of nitrogens with two attached hydrogens (primary N) is 1. The first kappa shape index (κ1) is 12.5. The third-order valence-corrected chi connectivity index (χ3v) is 2.33. The fraction of sp³-hybridized carbons (Fsp3) is 0.333. The molecule has 0 aliphatic carbocycles. The predicted molar refractivity (Wildman–Crippen MR) is 53.2 cm³/mol. The van der Waals surface area contributed by atoms with Gasteiger partial charge in [-0.1, -0.05) is 15.9 Å². The third-order valence-electron chi connectivity index (χ3n) is 1.87. The molecule has 0 aromatic heterocycles. The predicted octanol–water partition coefficient (Wildman–Crippen LogP) is 2.46. The molecular formula is C9H9BrF3NO. The number of benzene rings is 1. The molecule has 0 amide bonds. The van der Waals surface area contributed by atoms with Crippen LogP contribution in [0.15, 0.2) is 22.7 Å². The van der Waals surface area contributed by atoms with Gasteiger partial charge in [0.2, 0.25) is 0 Å². The van der Waals surface area contributed by atoms with Gasteiger partial charge in [0.05, 0.1) is 18.2 Å². The SMILES string of the molecule is N[C@@H](CO)c1cc(Br)cc(C(F)(F)F)c1. The summed E-state index contributed by atoms with van der Waals surface area (Å²) in [5.74, 6) is 0. The summed E-state index contributed by atoms with van der Waals surface area (Å²) in [6.45, 7) is -0.395. The first-order chi connectivity index (χ1) is 6.84. The highest BCUT2D eigenvalue weighted by molar-refractivity contribution is 9.10. The summed E-state index contributed by atoms with van der Waals surface area (Å²) in [5.41, 5.74) is 4.90. The van der Waals surface area contributed by atoms with Crippen molar-refractivity contribution in [3.63, 3.8) is 0 Å². The molecule has 0 radical (unpaired) electrons. The Kier molecular flexibility index (Phi) is 3.75. The van der Waals surface area contributed by atoms with E-state index >= 15 is 0 Å². The summed E-state index contributed by atoms with van der Waals surface area (Å²) >= 11 is 2.97. The molecule has 0 saturated carbocycles. The Bertz CT molecular complexity index is 354. The largest absolute Gasteiger partial charge is 0.416 e. The summed E-state index contributed by atoms with van der Waals surface area (Å²) in [5, 5.41) is 8.75. The molecule has 15 heavy (non-hydrogen) atoms. The van der Waals surface area contributed by atoms with Crippen molar-refractivity contribution in [2.24, 2.45) is 5.73 Å². The number of aliphatic hydroxyl groups excluding tert-OH is 1. The summed E-state index contributed by atoms with van der Waals surface area (Å²) in [4.78, 5) is 0. The number of hydrogen-bond donors (Lipinski definition) is 2. The van der Waals surface area contributed by atoms with Gasteiger partial charge < -0.3 is 10.8 Å². The molecule has 0 spiro atoms. The van der Waals surface area contributed by atoms with Crippen LogP contribution in [0.4, 0.5) is 13.2 Å². The summed E-state index contributed by atoms with van der Waals surface area (Å²) in [7, 11) is 0. The number of halogens is 4. The van der Waals surface area contributed by atoms with Gasteiger partial charge in [-0.25, -0.2) is 0 Å². The minimum atomic E-state index is -4.41. The van der Waals surface area contributed by atoms with Crippen molar-refractivity contribution in [1.82, 2.24) is 0 Å². The van der Waals surface area contributed by atoms with Crippen molar-refractivity contribution in [3.8, 4) is 0 Å². The number of alkyl halides is 3. The third kappa shape index (κ3) is 3.19. The van der Waals surface area contributed by atoms with Crippen LogP contribution in [0.2, 0.25) is 0 Å². The maximum Gasteiger partial charge on any atom is 0.416 e. The summed E-state index contributed by atoms with van der Waals surface area (Å²) < 4.78 is 37.5. The lowest BCUT2D eigenvalue weighted by Gasteiger charge is -2.13. The van der Waals surface area contributed by atoms with Crippen LogP contribution in [0.3, 0.4) is 0 Å². The molecule has 0 aliphatic rings. The topological polar surface area (TPSA) is 46.2 Å². The lowest BCUT2D eigenvalue weighted by Crippen LogP contribution is -2.16. The van der Waals surface area contributed by atoms with E-state index in [2.05, 4.69) is 15.9 Å². The second kappa shape index (κ2) is 4.51. The Morgan fingerprint density at radius 3 is 2.40 bits per heavy atom. The molecule has 0 unspecified atom stereocenters. The lowest BCUT2D eigenvalue weighted by molar-refractivity contribution is -0.137. The highest BCUT2D eigenvalue weighted by Crippen LogP contribution is 2.32. The van der Waals surface area contributed by atoms with Gasteiger partial charge in [-0.15, -0.1) is 0 Å². The number of hydrogen-bond acceptors (Lipinski definition) is 2. The molecule has 0 bridgehead atoms. The van der Waals surface area contributed by atoms with Gasteiger partial charge >= 0.3 is 6.18 Å². The fourth-order valence-electron chi connectivity index (χ4n) is 1.10. The monoisotopic (exact) mass is 283 g/mol. The van der Waals surface area contributed by atoms with Gasteiger partial charge in [-0.05, 0) is 23.8 Å². The maximum absolute atomic E-state index is 12.4. The Labute approximate surface area is 93.0 Å². The maximum atomic E-state index is 12.4. The Balaban J connectivity index is 3.17. The van der Waals surface area contributed by atoms with E-state index in [0.29, 0.717) is 0 Å². The zero-order chi connectivity index (χ0) is 11.6. The van der Waals surface area contributed by atoms with Crippen LogP contribution >= 0.6 is 15.9 Å². The minimum absolute atomic E-state index is 0.249. The van der Waals surface area contributed by atoms with E-state index in [0.717, 1.165) is 12.1 Å². The second-order valence-corrected chi connectivity index (χ2v) is 3.98. The molecule has 0 aliphatic heterocycles. The minimum Gasteiger partial charge on any atom is -0.394 e. The van der Waals surface area contributed by atoms with Gasteiger partial charge in [0, 0.05) is 4.47 Å². The van der Waals surface area contributed by atoms with E-state index in [9.17, 15) is 13.2 Å². The van der Waals surface area contributed by atoms with Crippen LogP contribution in [0.5, 0.6) is 0 Å². The van der Waals surface area contributed by atoms with Crippen LogP contribution < -0.4 is 5.73 Å². The van der Waals surface area contributed by atoms with Crippen molar-refractivity contribution in [2.45, 2.75) is 12.2 Å². The van der Waals surface area contributed by atoms with E-state index in [4.69, 9.17) is 10.8 Å². The van der Waals surface area contributed by atoms with Crippen molar-refractivity contribution in [1.29, 1.82) is 0 Å². The average Bonchev–Trinajstić information content (AvgIpc) is 2.14. The van der Waals surface area contributed by atoms with E-state index in [1.807, 2.05) is 0 Å². The van der Waals surface area contributed by atoms with Gasteiger partial charge in [0.1, 0.15) is 0 Å². The highest BCUT2D eigenvalue weighted by Gasteiger charge is 2.31. The smallest absolute Gasteiger partial charge is 0.394 e. The number of aliphatic hydroxyl groups is 1. The average molecular weight is 284 g/mol. The van der Waals surface area contributed by atoms with Gasteiger partial charge in [0.15, 0.2) is 0 Å². The van der Waals surface area contributed by atoms with Crippen LogP contribution in [0.25, 0.3) is 0 Å². The Hall–Kier alpha value is -0.590. The Morgan fingerprint density at radius 1 is 1.33 bits per heavy atom. The Morgan fingerprint density at radius 2 is 1.93 bits per heavy atom. The normalized spacial score (nSPS) is 14.0. The number of rotatable bonds is 2. The summed E-state index contributed by atoms with van der Waals surface area (Å²) in [6.07, 6.45) is -4.41. The van der Waals surface area contributed by atoms with Gasteiger partial charge in [-0.3, -0.25) is 0 Å². The van der Waals surface area contributed by atoms with Crippen molar-refractivity contribution in [3.05, 3.63) is 33.8 Å². The van der Waals surface area contributed by atoms with Crippen LogP contribution in [-0.2, 0) is 6.18 Å². The zero-order valence-electron chi connectivity index (χ0n) is 7.55. The highest BCUT2D eigenvalue weighted by atomic mass is 79.9. The molecule has 1 aromatic rings. The zero-order valence-corrected chi connectivity index (χ0v) is 9.14. The molecule has 3 N–H and O–H groups in total. The molecule has 0 fully saturated rings. The molecule has 2 nitrogen and oxygen atoms in total. The van der Waals surface area contributed by atoms with Gasteiger partial charge in [-0.2, -0.15) is 13.2 Å². The van der Waals surface area contributed by atoms with Crippen LogP contribution in [-0.4, -0.2) is 11.7 Å². The molecule has 0 heterocycles. The van der Waals surface area contributed by atoms with Crippen molar-refractivity contribution < 1.29 is 18.3 Å². The molecule has 1 aromatic carbocycles. The molecule has 1 atom stereocenters. The van der Waals surface area contributed by atoms with Crippen molar-refractivity contribution >= 4 is 15.9 Å². The van der Waals surface area contributed by atoms with E-state index in [1.165, 1.54) is 6.07 Å².